The monoisotopic (exact) mass is 335 g/mol. The summed E-state index contributed by atoms with van der Waals surface area (Å²) in [5.74, 6) is 0. The molecule has 1 fully saturated rings. The van der Waals surface area contributed by atoms with E-state index in [2.05, 4.69) is 14.9 Å². The van der Waals surface area contributed by atoms with Crippen LogP contribution in [0.1, 0.15) is 49.5 Å². The molecule has 1 saturated carbocycles. The van der Waals surface area contributed by atoms with Crippen LogP contribution in [0.25, 0.3) is 0 Å². The Morgan fingerprint density at radius 2 is 2.09 bits per heavy atom. The molecule has 0 unspecified atom stereocenters. The fourth-order valence-corrected chi connectivity index (χ4v) is 4.54. The zero-order valence-corrected chi connectivity index (χ0v) is 14.0. The minimum Gasteiger partial charge on any atom is -0.276 e. The highest BCUT2D eigenvalue weighted by Crippen LogP contribution is 2.33. The summed E-state index contributed by atoms with van der Waals surface area (Å²) in [4.78, 5) is 0.299. The first kappa shape index (κ1) is 14.7. The van der Waals surface area contributed by atoms with E-state index in [-0.39, 0.29) is 0 Å². The Morgan fingerprint density at radius 3 is 2.83 bits per heavy atom. The van der Waals surface area contributed by atoms with Crippen molar-refractivity contribution in [1.29, 1.82) is 0 Å². The molecule has 3 heterocycles. The molecular formula is C15H21N5O2S. The molecule has 4 rings (SSSR count). The van der Waals surface area contributed by atoms with Gasteiger partial charge in [0, 0.05) is 12.7 Å². The third-order valence-corrected chi connectivity index (χ3v) is 6.25. The Hall–Kier alpha value is -1.83. The molecule has 7 nitrogen and oxygen atoms in total. The van der Waals surface area contributed by atoms with Crippen LogP contribution in [0.15, 0.2) is 17.3 Å². The van der Waals surface area contributed by atoms with E-state index < -0.39 is 10.0 Å². The second-order valence-corrected chi connectivity index (χ2v) is 8.09. The van der Waals surface area contributed by atoms with E-state index in [1.54, 1.807) is 0 Å². The number of anilines is 1. The van der Waals surface area contributed by atoms with E-state index in [0.29, 0.717) is 22.3 Å². The zero-order chi connectivity index (χ0) is 16.0. The van der Waals surface area contributed by atoms with Crippen LogP contribution in [-0.2, 0) is 23.0 Å². The maximum Gasteiger partial charge on any atom is 0.265 e. The quantitative estimate of drug-likeness (QED) is 0.929. The fraction of sp³-hybridized carbons (Fsp3) is 0.600. The van der Waals surface area contributed by atoms with Crippen LogP contribution in [0, 0.1) is 6.92 Å². The van der Waals surface area contributed by atoms with E-state index in [9.17, 15) is 8.42 Å². The van der Waals surface area contributed by atoms with Gasteiger partial charge in [0.05, 0.1) is 29.3 Å². The van der Waals surface area contributed by atoms with Gasteiger partial charge in [0.2, 0.25) is 0 Å². The standard InChI is InChI=1S/C15H21N5O2S/c1-11-13(10-20(17-11)12-5-4-6-12)18-23(21,22)15-9-16-19-8-3-2-7-14(15)19/h9-10,12,18H,2-8H2,1H3. The molecule has 0 amide bonds. The molecule has 2 aromatic rings. The van der Waals surface area contributed by atoms with Gasteiger partial charge < -0.3 is 0 Å². The van der Waals surface area contributed by atoms with E-state index in [1.165, 1.54) is 12.6 Å². The van der Waals surface area contributed by atoms with Crippen LogP contribution >= 0.6 is 0 Å². The summed E-state index contributed by atoms with van der Waals surface area (Å²) in [5, 5.41) is 8.67. The minimum absolute atomic E-state index is 0.299. The maximum absolute atomic E-state index is 12.7. The van der Waals surface area contributed by atoms with E-state index in [0.717, 1.165) is 44.3 Å². The van der Waals surface area contributed by atoms with E-state index in [4.69, 9.17) is 0 Å². The Morgan fingerprint density at radius 1 is 1.26 bits per heavy atom. The minimum atomic E-state index is -3.62. The third-order valence-electron chi connectivity index (χ3n) is 4.84. The molecule has 0 atom stereocenters. The smallest absolute Gasteiger partial charge is 0.265 e. The largest absolute Gasteiger partial charge is 0.276 e. The summed E-state index contributed by atoms with van der Waals surface area (Å²) in [6, 6.07) is 0.413. The summed E-state index contributed by atoms with van der Waals surface area (Å²) in [5.41, 5.74) is 2.09. The topological polar surface area (TPSA) is 81.8 Å². The van der Waals surface area contributed by atoms with Gasteiger partial charge in [0.1, 0.15) is 4.90 Å². The highest BCUT2D eigenvalue weighted by Gasteiger charge is 2.27. The Labute approximate surface area is 135 Å². The second-order valence-electron chi connectivity index (χ2n) is 6.43. The number of hydrogen-bond donors (Lipinski definition) is 1. The number of nitrogens with zero attached hydrogens (tertiary/aromatic N) is 4. The first-order valence-electron chi connectivity index (χ1n) is 8.18. The summed E-state index contributed by atoms with van der Waals surface area (Å²) in [7, 11) is -3.62. The first-order chi connectivity index (χ1) is 11.0. The van der Waals surface area contributed by atoms with Gasteiger partial charge >= 0.3 is 0 Å². The van der Waals surface area contributed by atoms with Crippen molar-refractivity contribution in [3.8, 4) is 0 Å². The van der Waals surface area contributed by atoms with Crippen molar-refractivity contribution in [3.63, 3.8) is 0 Å². The van der Waals surface area contributed by atoms with Gasteiger partial charge in [0.15, 0.2) is 0 Å². The molecule has 0 saturated heterocycles. The molecule has 0 bridgehead atoms. The Balaban J connectivity index is 1.62. The van der Waals surface area contributed by atoms with Crippen LogP contribution in [-0.4, -0.2) is 28.0 Å². The molecule has 0 aromatic carbocycles. The van der Waals surface area contributed by atoms with Gasteiger partial charge in [-0.05, 0) is 45.4 Å². The molecule has 23 heavy (non-hydrogen) atoms. The lowest BCUT2D eigenvalue weighted by molar-refractivity contribution is 0.288. The summed E-state index contributed by atoms with van der Waals surface area (Å²) in [6.45, 7) is 2.63. The number of rotatable bonds is 4. The number of fused-ring (bicyclic) bond motifs is 1. The number of aryl methyl sites for hydroxylation is 2. The summed E-state index contributed by atoms with van der Waals surface area (Å²) in [6.07, 6.45) is 9.54. The van der Waals surface area contributed by atoms with Crippen LogP contribution in [0.5, 0.6) is 0 Å². The third kappa shape index (κ3) is 2.54. The van der Waals surface area contributed by atoms with Crippen LogP contribution in [0.3, 0.4) is 0 Å². The van der Waals surface area contributed by atoms with Gasteiger partial charge in [-0.2, -0.15) is 10.2 Å². The molecule has 1 N–H and O–H groups in total. The van der Waals surface area contributed by atoms with Gasteiger partial charge in [-0.3, -0.25) is 14.1 Å². The molecule has 0 radical (unpaired) electrons. The van der Waals surface area contributed by atoms with Crippen molar-refractivity contribution in [2.45, 2.75) is 62.9 Å². The summed E-state index contributed by atoms with van der Waals surface area (Å²) >= 11 is 0. The number of nitrogens with one attached hydrogen (secondary N) is 1. The Kier molecular flexibility index (Phi) is 3.44. The molecule has 2 aromatic heterocycles. The fourth-order valence-electron chi connectivity index (χ4n) is 3.24. The molecule has 124 valence electrons. The summed E-state index contributed by atoms with van der Waals surface area (Å²) < 4.78 is 31.9. The van der Waals surface area contributed by atoms with Crippen molar-refractivity contribution < 1.29 is 8.42 Å². The van der Waals surface area contributed by atoms with Gasteiger partial charge in [-0.1, -0.05) is 0 Å². The number of aromatic nitrogens is 4. The molecule has 0 spiro atoms. The molecule has 1 aliphatic heterocycles. The molecular weight excluding hydrogens is 314 g/mol. The SMILES string of the molecule is Cc1nn(C2CCC2)cc1NS(=O)(=O)c1cnn2c1CCCC2. The average molecular weight is 335 g/mol. The average Bonchev–Trinajstić information content (AvgIpc) is 3.01. The van der Waals surface area contributed by atoms with Gasteiger partial charge in [-0.25, -0.2) is 8.42 Å². The molecule has 2 aliphatic rings. The van der Waals surface area contributed by atoms with Crippen molar-refractivity contribution in [2.24, 2.45) is 0 Å². The maximum atomic E-state index is 12.7. The number of hydrogen-bond acceptors (Lipinski definition) is 4. The number of sulfonamides is 1. The second kappa shape index (κ2) is 5.36. The highest BCUT2D eigenvalue weighted by molar-refractivity contribution is 7.92. The van der Waals surface area contributed by atoms with Gasteiger partial charge in [0.25, 0.3) is 10.0 Å². The van der Waals surface area contributed by atoms with E-state index >= 15 is 0 Å². The predicted octanol–water partition coefficient (Wildman–Crippen LogP) is 2.25. The normalized spacial score (nSPS) is 18.5. The van der Waals surface area contributed by atoms with Crippen LogP contribution < -0.4 is 4.72 Å². The van der Waals surface area contributed by atoms with Crippen LogP contribution in [0.2, 0.25) is 0 Å². The predicted molar refractivity (Wildman–Crippen MR) is 85.8 cm³/mol. The van der Waals surface area contributed by atoms with Crippen LogP contribution in [0.4, 0.5) is 5.69 Å². The lowest BCUT2D eigenvalue weighted by Crippen LogP contribution is -2.18. The highest BCUT2D eigenvalue weighted by atomic mass is 32.2. The first-order valence-corrected chi connectivity index (χ1v) is 9.66. The van der Waals surface area contributed by atoms with Gasteiger partial charge in [-0.15, -0.1) is 0 Å². The van der Waals surface area contributed by atoms with Crippen molar-refractivity contribution >= 4 is 15.7 Å². The van der Waals surface area contributed by atoms with E-state index in [1.807, 2.05) is 22.5 Å². The van der Waals surface area contributed by atoms with Crippen molar-refractivity contribution in [1.82, 2.24) is 19.6 Å². The zero-order valence-electron chi connectivity index (χ0n) is 13.2. The molecule has 1 aliphatic carbocycles. The molecule has 8 heteroatoms. The van der Waals surface area contributed by atoms with Crippen molar-refractivity contribution in [3.05, 3.63) is 23.8 Å². The lowest BCUT2D eigenvalue weighted by Gasteiger charge is -2.25. The Bertz CT molecular complexity index is 832. The lowest BCUT2D eigenvalue weighted by atomic mass is 9.93. The van der Waals surface area contributed by atoms with Crippen molar-refractivity contribution in [2.75, 3.05) is 4.72 Å².